The standard InChI is InChI=1S/C16H15N5O2/c22-16(21-7-1-2-12-14(21)19-20-18-12)10-5-6-11-13(8-10)23-15(17-11)9-3-4-9/h5-6,8-9H,1-4,7H2,(H,18,19,20). The van der Waals surface area contributed by atoms with Gasteiger partial charge in [-0.2, -0.15) is 10.3 Å². The topological polar surface area (TPSA) is 87.9 Å². The van der Waals surface area contributed by atoms with Crippen molar-refractivity contribution in [2.45, 2.75) is 31.6 Å². The van der Waals surface area contributed by atoms with Gasteiger partial charge in [0.2, 0.25) is 0 Å². The Morgan fingerprint density at radius 3 is 3.09 bits per heavy atom. The Balaban J connectivity index is 1.51. The van der Waals surface area contributed by atoms with Crippen molar-refractivity contribution in [3.8, 4) is 0 Å². The average molecular weight is 309 g/mol. The Morgan fingerprint density at radius 1 is 1.30 bits per heavy atom. The second kappa shape index (κ2) is 4.65. The van der Waals surface area contributed by atoms with Crippen LogP contribution in [0.5, 0.6) is 0 Å². The number of hydrogen-bond donors (Lipinski definition) is 1. The summed E-state index contributed by atoms with van der Waals surface area (Å²) in [4.78, 5) is 19.0. The number of oxazole rings is 1. The number of aromatic amines is 1. The Kier molecular flexibility index (Phi) is 2.59. The molecule has 1 saturated carbocycles. The van der Waals surface area contributed by atoms with Crippen molar-refractivity contribution in [1.29, 1.82) is 0 Å². The smallest absolute Gasteiger partial charge is 0.259 e. The highest BCUT2D eigenvalue weighted by molar-refractivity contribution is 6.07. The molecule has 23 heavy (non-hydrogen) atoms. The van der Waals surface area contributed by atoms with Gasteiger partial charge in [-0.1, -0.05) is 0 Å². The number of amides is 1. The summed E-state index contributed by atoms with van der Waals surface area (Å²) in [6, 6.07) is 5.44. The first-order valence-corrected chi connectivity index (χ1v) is 7.91. The summed E-state index contributed by atoms with van der Waals surface area (Å²) in [5.74, 6) is 1.81. The number of benzene rings is 1. The maximum atomic E-state index is 12.8. The molecule has 1 amide bonds. The van der Waals surface area contributed by atoms with Crippen LogP contribution in [-0.4, -0.2) is 32.8 Å². The third-order valence-electron chi connectivity index (χ3n) is 4.47. The summed E-state index contributed by atoms with van der Waals surface area (Å²) in [7, 11) is 0. The van der Waals surface area contributed by atoms with Gasteiger partial charge in [-0.15, -0.1) is 5.10 Å². The number of carbonyl (C=O) groups excluding carboxylic acids is 1. The van der Waals surface area contributed by atoms with Crippen LogP contribution in [-0.2, 0) is 6.42 Å². The predicted octanol–water partition coefficient (Wildman–Crippen LogP) is 2.42. The summed E-state index contributed by atoms with van der Waals surface area (Å²) in [6.07, 6.45) is 4.02. The Morgan fingerprint density at radius 2 is 2.22 bits per heavy atom. The highest BCUT2D eigenvalue weighted by Gasteiger charge is 2.30. The van der Waals surface area contributed by atoms with E-state index in [0.29, 0.717) is 29.4 Å². The van der Waals surface area contributed by atoms with Crippen molar-refractivity contribution in [1.82, 2.24) is 20.4 Å². The van der Waals surface area contributed by atoms with Crippen LogP contribution in [0.25, 0.3) is 11.1 Å². The second-order valence-electron chi connectivity index (χ2n) is 6.16. The lowest BCUT2D eigenvalue weighted by atomic mass is 10.1. The molecule has 3 heterocycles. The number of hydrogen-bond acceptors (Lipinski definition) is 5. The minimum Gasteiger partial charge on any atom is -0.440 e. The molecule has 7 nitrogen and oxygen atoms in total. The van der Waals surface area contributed by atoms with Crippen LogP contribution >= 0.6 is 0 Å². The van der Waals surface area contributed by atoms with Gasteiger partial charge in [-0.05, 0) is 43.9 Å². The molecular weight excluding hydrogens is 294 g/mol. The summed E-state index contributed by atoms with van der Waals surface area (Å²) in [5, 5.41) is 10.8. The van der Waals surface area contributed by atoms with E-state index in [9.17, 15) is 4.79 Å². The number of H-pyrrole nitrogens is 1. The monoisotopic (exact) mass is 309 g/mol. The van der Waals surface area contributed by atoms with Crippen molar-refractivity contribution in [2.75, 3.05) is 11.4 Å². The Labute approximate surface area is 131 Å². The van der Waals surface area contributed by atoms with Gasteiger partial charge >= 0.3 is 0 Å². The van der Waals surface area contributed by atoms with E-state index in [1.54, 1.807) is 17.0 Å². The van der Waals surface area contributed by atoms with Gasteiger partial charge in [0.1, 0.15) is 11.2 Å². The number of fused-ring (bicyclic) bond motifs is 2. The number of aryl methyl sites for hydroxylation is 1. The zero-order chi connectivity index (χ0) is 15.4. The zero-order valence-electron chi connectivity index (χ0n) is 12.5. The highest BCUT2D eigenvalue weighted by Crippen LogP contribution is 2.40. The number of nitrogens with zero attached hydrogens (tertiary/aromatic N) is 4. The molecule has 2 aliphatic rings. The molecule has 0 unspecified atom stereocenters. The summed E-state index contributed by atoms with van der Waals surface area (Å²) in [5.41, 5.74) is 2.92. The van der Waals surface area contributed by atoms with Crippen LogP contribution in [0.4, 0.5) is 5.82 Å². The van der Waals surface area contributed by atoms with Crippen molar-refractivity contribution in [3.05, 3.63) is 35.3 Å². The Bertz CT molecular complexity index is 908. The van der Waals surface area contributed by atoms with Crippen LogP contribution in [0.3, 0.4) is 0 Å². The SMILES string of the molecule is O=C(c1ccc2nc(C3CC3)oc2c1)N1CCCc2n[nH]nc21. The number of rotatable bonds is 2. The zero-order valence-corrected chi connectivity index (χ0v) is 12.5. The highest BCUT2D eigenvalue weighted by atomic mass is 16.3. The normalized spacial score (nSPS) is 17.5. The molecule has 5 rings (SSSR count). The first kappa shape index (κ1) is 12.8. The number of carbonyl (C=O) groups is 1. The summed E-state index contributed by atoms with van der Waals surface area (Å²) >= 11 is 0. The molecule has 0 bridgehead atoms. The van der Waals surface area contributed by atoms with Crippen molar-refractivity contribution in [3.63, 3.8) is 0 Å². The van der Waals surface area contributed by atoms with E-state index >= 15 is 0 Å². The van der Waals surface area contributed by atoms with Crippen molar-refractivity contribution < 1.29 is 9.21 Å². The fourth-order valence-electron chi connectivity index (χ4n) is 3.08. The number of aromatic nitrogens is 4. The van der Waals surface area contributed by atoms with Crippen LogP contribution in [0, 0.1) is 0 Å². The van der Waals surface area contributed by atoms with Crippen LogP contribution < -0.4 is 4.90 Å². The van der Waals surface area contributed by atoms with Gasteiger partial charge in [-0.3, -0.25) is 9.69 Å². The van der Waals surface area contributed by atoms with Crippen LogP contribution in [0.15, 0.2) is 22.6 Å². The number of nitrogens with one attached hydrogen (secondary N) is 1. The van der Waals surface area contributed by atoms with Gasteiger partial charge in [0.05, 0.1) is 0 Å². The minimum absolute atomic E-state index is 0.0777. The van der Waals surface area contributed by atoms with E-state index in [0.717, 1.165) is 42.8 Å². The first-order chi connectivity index (χ1) is 11.3. The number of anilines is 1. The van der Waals surface area contributed by atoms with E-state index in [4.69, 9.17) is 4.42 Å². The van der Waals surface area contributed by atoms with Gasteiger partial charge in [0, 0.05) is 18.0 Å². The van der Waals surface area contributed by atoms with Crippen molar-refractivity contribution >= 4 is 22.8 Å². The molecule has 3 aromatic rings. The molecule has 1 aliphatic carbocycles. The fraction of sp³-hybridized carbons (Fsp3) is 0.375. The predicted molar refractivity (Wildman–Crippen MR) is 82.4 cm³/mol. The van der Waals surface area contributed by atoms with Crippen LogP contribution in [0.2, 0.25) is 0 Å². The Hall–Kier alpha value is -2.70. The molecule has 1 aliphatic heterocycles. The molecule has 0 atom stereocenters. The van der Waals surface area contributed by atoms with Gasteiger partial charge in [0.15, 0.2) is 17.3 Å². The van der Waals surface area contributed by atoms with E-state index < -0.39 is 0 Å². The quantitative estimate of drug-likeness (QED) is 0.785. The molecular formula is C16H15N5O2. The van der Waals surface area contributed by atoms with Gasteiger partial charge in [0.25, 0.3) is 5.91 Å². The van der Waals surface area contributed by atoms with E-state index in [1.807, 2.05) is 6.07 Å². The van der Waals surface area contributed by atoms with E-state index in [1.165, 1.54) is 0 Å². The maximum Gasteiger partial charge on any atom is 0.259 e. The van der Waals surface area contributed by atoms with E-state index in [2.05, 4.69) is 20.4 Å². The van der Waals surface area contributed by atoms with Gasteiger partial charge < -0.3 is 4.42 Å². The lowest BCUT2D eigenvalue weighted by Crippen LogP contribution is -2.35. The molecule has 0 radical (unpaired) electrons. The lowest BCUT2D eigenvalue weighted by molar-refractivity contribution is 0.0984. The largest absolute Gasteiger partial charge is 0.440 e. The van der Waals surface area contributed by atoms with E-state index in [-0.39, 0.29) is 5.91 Å². The lowest BCUT2D eigenvalue weighted by Gasteiger charge is -2.24. The third-order valence-corrected chi connectivity index (χ3v) is 4.47. The second-order valence-corrected chi connectivity index (χ2v) is 6.16. The average Bonchev–Trinajstić information content (AvgIpc) is 3.16. The van der Waals surface area contributed by atoms with Gasteiger partial charge in [-0.25, -0.2) is 4.98 Å². The molecule has 0 spiro atoms. The molecule has 2 aromatic heterocycles. The molecule has 7 heteroatoms. The molecule has 116 valence electrons. The minimum atomic E-state index is -0.0777. The summed E-state index contributed by atoms with van der Waals surface area (Å²) < 4.78 is 5.81. The fourth-order valence-corrected chi connectivity index (χ4v) is 3.08. The van der Waals surface area contributed by atoms with Crippen LogP contribution in [0.1, 0.15) is 47.1 Å². The third kappa shape index (κ3) is 2.03. The molecule has 0 saturated heterocycles. The molecule has 1 fully saturated rings. The first-order valence-electron chi connectivity index (χ1n) is 7.91. The molecule has 1 aromatic carbocycles. The van der Waals surface area contributed by atoms with Crippen molar-refractivity contribution in [2.24, 2.45) is 0 Å². The maximum absolute atomic E-state index is 12.8. The summed E-state index contributed by atoms with van der Waals surface area (Å²) in [6.45, 7) is 0.653. The molecule has 1 N–H and O–H groups in total.